The Morgan fingerprint density at radius 3 is 2.20 bits per heavy atom. The van der Waals surface area contributed by atoms with E-state index in [0.717, 1.165) is 6.42 Å². The van der Waals surface area contributed by atoms with Gasteiger partial charge in [0, 0.05) is 12.1 Å². The first-order chi connectivity index (χ1) is 6.16. The Morgan fingerprint density at radius 1 is 1.40 bits per heavy atom. The van der Waals surface area contributed by atoms with Crippen LogP contribution in [0.1, 0.15) is 34.1 Å². The van der Waals surface area contributed by atoms with Gasteiger partial charge in [-0.1, -0.05) is 20.3 Å². The third-order valence-corrected chi connectivity index (χ3v) is 3.54. The highest BCUT2D eigenvalue weighted by Gasteiger charge is 2.18. The normalized spacial score (nSPS) is 14.5. The van der Waals surface area contributed by atoms with Crippen LogP contribution in [0.4, 0.5) is 0 Å². The second kappa shape index (κ2) is 6.68. The van der Waals surface area contributed by atoms with Crippen LogP contribution in [0.2, 0.25) is 0 Å². The van der Waals surface area contributed by atoms with Crippen LogP contribution in [-0.4, -0.2) is 26.3 Å². The van der Waals surface area contributed by atoms with Gasteiger partial charge >= 0.3 is 0 Å². The molecule has 0 radical (unpaired) electrons. The number of nitrogens with one attached hydrogen (secondary N) is 1. The molecule has 94 valence electrons. The fraction of sp³-hybridized carbons (Fsp3) is 1.00. The Bertz CT molecular complexity index is 260. The minimum Gasteiger partial charge on any atom is -0.324 e. The van der Waals surface area contributed by atoms with Crippen molar-refractivity contribution in [3.8, 4) is 0 Å². The predicted octanol–water partition coefficient (Wildman–Crippen LogP) is 1.11. The maximum Gasteiger partial charge on any atom is 0.211 e. The van der Waals surface area contributed by atoms with Crippen LogP contribution in [-0.2, 0) is 10.0 Å². The number of rotatable bonds is 6. The smallest absolute Gasteiger partial charge is 0.211 e. The van der Waals surface area contributed by atoms with E-state index in [9.17, 15) is 8.42 Å². The molecule has 0 rings (SSSR count). The van der Waals surface area contributed by atoms with Crippen molar-refractivity contribution in [1.29, 1.82) is 0 Å². The molecule has 0 aromatic rings. The van der Waals surface area contributed by atoms with Crippen LogP contribution >= 0.6 is 12.4 Å². The third kappa shape index (κ3) is 10.4. The van der Waals surface area contributed by atoms with E-state index in [1.54, 1.807) is 13.8 Å². The van der Waals surface area contributed by atoms with Crippen molar-refractivity contribution in [1.82, 2.24) is 4.72 Å². The molecular weight excluding hydrogens is 236 g/mol. The first kappa shape index (κ1) is 17.6. The van der Waals surface area contributed by atoms with E-state index in [-0.39, 0.29) is 30.6 Å². The maximum absolute atomic E-state index is 11.5. The van der Waals surface area contributed by atoms with Crippen LogP contribution in [0.3, 0.4) is 0 Å². The molecule has 6 heteroatoms. The topological polar surface area (TPSA) is 72.2 Å². The molecule has 0 aliphatic carbocycles. The Labute approximate surface area is 99.5 Å². The predicted molar refractivity (Wildman–Crippen MR) is 66.8 cm³/mol. The van der Waals surface area contributed by atoms with Crippen LogP contribution in [0.25, 0.3) is 0 Å². The molecular formula is C9H23ClN2O2S. The largest absolute Gasteiger partial charge is 0.324 e. The van der Waals surface area contributed by atoms with Gasteiger partial charge in [0.25, 0.3) is 0 Å². The van der Waals surface area contributed by atoms with E-state index in [4.69, 9.17) is 5.73 Å². The maximum atomic E-state index is 11.5. The molecule has 1 atom stereocenters. The molecule has 0 heterocycles. The van der Waals surface area contributed by atoms with Gasteiger partial charge in [0.1, 0.15) is 0 Å². The zero-order valence-corrected chi connectivity index (χ0v) is 11.5. The molecule has 0 aromatic heterocycles. The molecule has 0 spiro atoms. The molecule has 3 N–H and O–H groups in total. The van der Waals surface area contributed by atoms with Gasteiger partial charge in [-0.15, -0.1) is 12.4 Å². The summed E-state index contributed by atoms with van der Waals surface area (Å²) in [6.45, 7) is 7.77. The Balaban J connectivity index is 0. The summed E-state index contributed by atoms with van der Waals surface area (Å²) >= 11 is 0. The highest BCUT2D eigenvalue weighted by molar-refractivity contribution is 7.89. The lowest BCUT2D eigenvalue weighted by Crippen LogP contribution is -2.46. The zero-order valence-electron chi connectivity index (χ0n) is 9.91. The number of sulfonamides is 1. The van der Waals surface area contributed by atoms with E-state index < -0.39 is 15.6 Å². The summed E-state index contributed by atoms with van der Waals surface area (Å²) in [5.74, 6) is 0.368. The molecule has 0 saturated heterocycles. The minimum atomic E-state index is -3.16. The Hall–Kier alpha value is 0.160. The molecule has 0 aliphatic heterocycles. The average molecular weight is 259 g/mol. The van der Waals surface area contributed by atoms with Gasteiger partial charge in [0.2, 0.25) is 10.0 Å². The highest BCUT2D eigenvalue weighted by Crippen LogP contribution is 2.04. The first-order valence-corrected chi connectivity index (χ1v) is 6.58. The van der Waals surface area contributed by atoms with Gasteiger partial charge in [-0.3, -0.25) is 0 Å². The first-order valence-electron chi connectivity index (χ1n) is 4.92. The van der Waals surface area contributed by atoms with Crippen molar-refractivity contribution in [2.75, 3.05) is 12.3 Å². The summed E-state index contributed by atoms with van der Waals surface area (Å²) in [6.07, 6.45) is 0.868. The zero-order chi connectivity index (χ0) is 11.4. The summed E-state index contributed by atoms with van der Waals surface area (Å²) in [6, 6.07) is 0. The molecule has 15 heavy (non-hydrogen) atoms. The van der Waals surface area contributed by atoms with Crippen LogP contribution in [0.15, 0.2) is 0 Å². The molecule has 0 aromatic carbocycles. The van der Waals surface area contributed by atoms with Crippen molar-refractivity contribution in [2.45, 2.75) is 39.7 Å². The number of hydrogen-bond donors (Lipinski definition) is 2. The third-order valence-electron chi connectivity index (χ3n) is 1.95. The lowest BCUT2D eigenvalue weighted by atomic mass is 10.1. The van der Waals surface area contributed by atoms with Gasteiger partial charge in [-0.25, -0.2) is 13.1 Å². The molecule has 0 bridgehead atoms. The second-order valence-corrected chi connectivity index (χ2v) is 6.46. The monoisotopic (exact) mass is 258 g/mol. The van der Waals surface area contributed by atoms with Crippen molar-refractivity contribution in [3.05, 3.63) is 0 Å². The minimum absolute atomic E-state index is 0. The van der Waals surface area contributed by atoms with Gasteiger partial charge in [-0.2, -0.15) is 0 Å². The SMILES string of the molecule is CCC(C)CS(=O)(=O)NCC(C)(C)N.Cl. The van der Waals surface area contributed by atoms with E-state index in [2.05, 4.69) is 4.72 Å². The molecule has 0 fully saturated rings. The fourth-order valence-electron chi connectivity index (χ4n) is 0.847. The summed E-state index contributed by atoms with van der Waals surface area (Å²) < 4.78 is 25.5. The molecule has 0 saturated carbocycles. The van der Waals surface area contributed by atoms with Crippen LogP contribution in [0.5, 0.6) is 0 Å². The van der Waals surface area contributed by atoms with Crippen molar-refractivity contribution in [2.24, 2.45) is 11.7 Å². The van der Waals surface area contributed by atoms with Crippen molar-refractivity contribution < 1.29 is 8.42 Å². The van der Waals surface area contributed by atoms with Crippen LogP contribution in [0, 0.1) is 5.92 Å². The summed E-state index contributed by atoms with van der Waals surface area (Å²) in [7, 11) is -3.16. The number of halogens is 1. The highest BCUT2D eigenvalue weighted by atomic mass is 35.5. The quantitative estimate of drug-likeness (QED) is 0.750. The van der Waals surface area contributed by atoms with Gasteiger partial charge in [0.05, 0.1) is 5.75 Å². The van der Waals surface area contributed by atoms with E-state index in [1.807, 2.05) is 13.8 Å². The molecule has 0 amide bonds. The van der Waals surface area contributed by atoms with E-state index in [1.165, 1.54) is 0 Å². The standard InChI is InChI=1S/C9H22N2O2S.ClH/c1-5-8(2)6-14(12,13)11-7-9(3,4)10;/h8,11H,5-7,10H2,1-4H3;1H. The molecule has 1 unspecified atom stereocenters. The number of nitrogens with two attached hydrogens (primary N) is 1. The summed E-state index contributed by atoms with van der Waals surface area (Å²) in [4.78, 5) is 0. The summed E-state index contributed by atoms with van der Waals surface area (Å²) in [5.41, 5.74) is 5.18. The second-order valence-electron chi connectivity index (χ2n) is 4.60. The van der Waals surface area contributed by atoms with Gasteiger partial charge in [-0.05, 0) is 19.8 Å². The molecule has 4 nitrogen and oxygen atoms in total. The Morgan fingerprint density at radius 2 is 1.87 bits per heavy atom. The van der Waals surface area contributed by atoms with Gasteiger partial charge < -0.3 is 5.73 Å². The lowest BCUT2D eigenvalue weighted by molar-refractivity contribution is 0.492. The molecule has 0 aliphatic rings. The lowest BCUT2D eigenvalue weighted by Gasteiger charge is -2.19. The van der Waals surface area contributed by atoms with Crippen LogP contribution < -0.4 is 10.5 Å². The fourth-order valence-corrected chi connectivity index (χ4v) is 2.54. The summed E-state index contributed by atoms with van der Waals surface area (Å²) in [5, 5.41) is 0. The van der Waals surface area contributed by atoms with E-state index in [0.29, 0.717) is 0 Å². The number of hydrogen-bond acceptors (Lipinski definition) is 3. The van der Waals surface area contributed by atoms with Crippen molar-refractivity contribution >= 4 is 22.4 Å². The van der Waals surface area contributed by atoms with Crippen molar-refractivity contribution in [3.63, 3.8) is 0 Å². The van der Waals surface area contributed by atoms with E-state index >= 15 is 0 Å². The van der Waals surface area contributed by atoms with Gasteiger partial charge in [0.15, 0.2) is 0 Å². The average Bonchev–Trinajstić information content (AvgIpc) is 1.99. The Kier molecular flexibility index (Phi) is 7.82.